The molecule has 0 amide bonds. The van der Waals surface area contributed by atoms with Crippen LogP contribution in [-0.2, 0) is 19.6 Å². The van der Waals surface area contributed by atoms with Gasteiger partial charge in [0.2, 0.25) is 0 Å². The second kappa shape index (κ2) is 10.2. The molecule has 1 unspecified atom stereocenters. The predicted octanol–water partition coefficient (Wildman–Crippen LogP) is -2.16. The molecule has 0 saturated heterocycles. The van der Waals surface area contributed by atoms with Crippen molar-refractivity contribution in [3.8, 4) is 0 Å². The van der Waals surface area contributed by atoms with Crippen molar-refractivity contribution in [1.82, 2.24) is 0 Å². The van der Waals surface area contributed by atoms with Gasteiger partial charge in [0, 0.05) is 17.6 Å². The Morgan fingerprint density at radius 1 is 1.69 bits per heavy atom. The number of hydrogen-bond donors (Lipinski definition) is 1. The molecule has 90 valence electrons. The van der Waals surface area contributed by atoms with E-state index in [2.05, 4.69) is 11.3 Å². The number of thioether (sulfide) groups is 1. The molecule has 0 fully saturated rings. The summed E-state index contributed by atoms with van der Waals surface area (Å²) in [6.45, 7) is 4.84. The van der Waals surface area contributed by atoms with Crippen LogP contribution in [0.1, 0.15) is 8.35 Å². The van der Waals surface area contributed by atoms with Crippen LogP contribution in [-0.4, -0.2) is 42.3 Å². The summed E-state index contributed by atoms with van der Waals surface area (Å²) in [6, 6.07) is 0. The number of rotatable bonds is 7. The van der Waals surface area contributed by atoms with Crippen LogP contribution in [0.15, 0.2) is 12.7 Å². The maximum Gasteiger partial charge on any atom is 1.00 e. The molecule has 16 heavy (non-hydrogen) atoms. The Balaban J connectivity index is -0.000000980. The first-order valence-corrected chi connectivity index (χ1v) is 6.87. The molecule has 8 heteroatoms. The van der Waals surface area contributed by atoms with Gasteiger partial charge in [-0.3, -0.25) is 4.55 Å². The first-order chi connectivity index (χ1) is 6.88. The van der Waals surface area contributed by atoms with Crippen LogP contribution >= 0.6 is 11.8 Å². The average Bonchev–Trinajstić information content (AvgIpc) is 2.15. The zero-order chi connectivity index (χ0) is 11.9. The van der Waals surface area contributed by atoms with Crippen LogP contribution in [0.2, 0.25) is 0 Å². The van der Waals surface area contributed by atoms with Gasteiger partial charge in [-0.25, -0.2) is 4.79 Å². The van der Waals surface area contributed by atoms with Crippen LogP contribution in [0.25, 0.3) is 0 Å². The van der Waals surface area contributed by atoms with Crippen LogP contribution in [0.3, 0.4) is 0 Å². The maximum atomic E-state index is 10.6. The molecule has 0 aliphatic rings. The number of carbonyl (C=O) groups is 1. The second-order valence-corrected chi connectivity index (χ2v) is 5.76. The smallest absolute Gasteiger partial charge is 1.00 e. The number of esters is 1. The first kappa shape index (κ1) is 19.6. The molecule has 0 aliphatic carbocycles. The molecule has 0 saturated carbocycles. The molecular weight excluding hydrogens is 326 g/mol. The predicted molar refractivity (Wildman–Crippen MR) is 60.6 cm³/mol. The zero-order valence-electron chi connectivity index (χ0n) is 10.4. The van der Waals surface area contributed by atoms with Crippen LogP contribution in [0.5, 0.6) is 0 Å². The van der Waals surface area contributed by atoms with Crippen LogP contribution < -0.4 is 58.2 Å². The fourth-order valence-electron chi connectivity index (χ4n) is 0.595. The van der Waals surface area contributed by atoms with Gasteiger partial charge in [0.1, 0.15) is 6.61 Å². The summed E-state index contributed by atoms with van der Waals surface area (Å²) < 4.78 is 34.5. The van der Waals surface area contributed by atoms with Crippen molar-refractivity contribution in [2.24, 2.45) is 0 Å². The monoisotopic (exact) mass is 340 g/mol. The van der Waals surface area contributed by atoms with E-state index in [1.165, 1.54) is 18.7 Å². The summed E-state index contributed by atoms with van der Waals surface area (Å²) in [6.07, 6.45) is 1.06. The summed E-state index contributed by atoms with van der Waals surface area (Å²) in [5.41, 5.74) is 0. The van der Waals surface area contributed by atoms with E-state index in [9.17, 15) is 13.2 Å². The summed E-state index contributed by atoms with van der Waals surface area (Å²) in [7, 11) is -3.96. The molecule has 0 spiro atoms. The molecule has 0 aromatic heterocycles. The Kier molecular flexibility index (Phi) is 12.5. The van der Waals surface area contributed by atoms with Crippen LogP contribution in [0.4, 0.5) is 0 Å². The number of carbonyl (C=O) groups excluding carboxylic acids is 1. The van der Waals surface area contributed by atoms with Crippen molar-refractivity contribution in [1.29, 1.82) is 0 Å². The molecule has 0 heterocycles. The summed E-state index contributed by atoms with van der Waals surface area (Å²) >= 11 is 1.29. The quantitative estimate of drug-likeness (QED) is 0.246. The van der Waals surface area contributed by atoms with Crippen molar-refractivity contribution < 1.29 is 82.1 Å². The average molecular weight is 341 g/mol. The Bertz CT molecular complexity index is 320. The van der Waals surface area contributed by atoms with Crippen LogP contribution in [0, 0.1) is 0 Å². The molecule has 0 aromatic carbocycles. The molecule has 0 aromatic rings. The maximum absolute atomic E-state index is 10.6. The molecule has 0 aliphatic heterocycles. The molecule has 1 atom stereocenters. The van der Waals surface area contributed by atoms with Crippen molar-refractivity contribution in [3.63, 3.8) is 0 Å². The Morgan fingerprint density at radius 3 is 2.69 bits per heavy atom. The van der Waals surface area contributed by atoms with Gasteiger partial charge in [0.15, 0.2) is 0 Å². The van der Waals surface area contributed by atoms with E-state index in [1.54, 1.807) is 0 Å². The second-order valence-electron chi connectivity index (χ2n) is 2.77. The van der Waals surface area contributed by atoms with E-state index in [1.807, 2.05) is 0 Å². The Hall–Kier alpha value is 1.28. The van der Waals surface area contributed by atoms with E-state index in [-0.39, 0.29) is 72.0 Å². The fraction of sp³-hybridized carbons (Fsp3) is 0.625. The van der Waals surface area contributed by atoms with Gasteiger partial charge in [0.05, 0.1) is 5.25 Å². The molecule has 1 N–H and O–H groups in total. The fourth-order valence-corrected chi connectivity index (χ4v) is 2.27. The minimum absolute atomic E-state index is 0. The van der Waals surface area contributed by atoms with E-state index in [0.717, 1.165) is 6.08 Å². The molecule has 0 rings (SSSR count). The minimum Gasteiger partial charge on any atom is -1.00 e. The van der Waals surface area contributed by atoms with Gasteiger partial charge < -0.3 is 6.16 Å². The van der Waals surface area contributed by atoms with E-state index in [0.29, 0.717) is 5.75 Å². The van der Waals surface area contributed by atoms with Crippen molar-refractivity contribution in [2.75, 3.05) is 18.1 Å². The van der Waals surface area contributed by atoms with E-state index in [4.69, 9.17) is 4.55 Å². The van der Waals surface area contributed by atoms with Gasteiger partial charge in [-0.05, 0) is 6.92 Å². The van der Waals surface area contributed by atoms with Gasteiger partial charge in [-0.2, -0.15) is 20.2 Å². The Morgan fingerprint density at radius 2 is 2.25 bits per heavy atom. The van der Waals surface area contributed by atoms with Gasteiger partial charge in [-0.1, -0.05) is 6.58 Å². The summed E-state index contributed by atoms with van der Waals surface area (Å²) in [4.78, 5) is 10.6. The van der Waals surface area contributed by atoms with Gasteiger partial charge >= 0.3 is 64.2 Å². The van der Waals surface area contributed by atoms with Crippen molar-refractivity contribution in [3.05, 3.63) is 12.7 Å². The summed E-state index contributed by atoms with van der Waals surface area (Å²) in [5.74, 6) is 0.252. The third-order valence-electron chi connectivity index (χ3n) is 1.50. The Labute approximate surface area is 150 Å². The zero-order valence-corrected chi connectivity index (χ0v) is 15.9. The van der Waals surface area contributed by atoms with E-state index >= 15 is 0 Å². The molecular formula is C8H15O5RbS2. The largest absolute Gasteiger partial charge is 1.00 e. The van der Waals surface area contributed by atoms with Gasteiger partial charge in [-0.15, -0.1) is 0 Å². The SMILES string of the molecule is C=CC(=O)OCCSCC(C)S(=O)(=O)O.[H-].[Rb+]. The first-order valence-electron chi connectivity index (χ1n) is 4.21. The van der Waals surface area contributed by atoms with E-state index < -0.39 is 21.3 Å². The number of hydrogen-bond acceptors (Lipinski definition) is 5. The number of ether oxygens (including phenoxy) is 1. The van der Waals surface area contributed by atoms with Crippen molar-refractivity contribution in [2.45, 2.75) is 12.2 Å². The summed E-state index contributed by atoms with van der Waals surface area (Å²) in [5, 5.41) is -0.808. The topological polar surface area (TPSA) is 80.7 Å². The standard InChI is InChI=1S/C8H14O5S2.Rb.H/c1-3-8(9)13-4-5-14-6-7(2)15(10,11)12;;/h3,7H,1,4-6H2,2H3,(H,10,11,12);;/q;+1;-1. The molecule has 0 radical (unpaired) electrons. The molecule has 5 nitrogen and oxygen atoms in total. The van der Waals surface area contributed by atoms with Crippen molar-refractivity contribution >= 4 is 27.8 Å². The normalized spacial score (nSPS) is 12.4. The third-order valence-corrected chi connectivity index (χ3v) is 4.09. The third kappa shape index (κ3) is 10.4. The van der Waals surface area contributed by atoms with Gasteiger partial charge in [0.25, 0.3) is 10.1 Å². The minimum atomic E-state index is -3.96. The molecule has 0 bridgehead atoms.